The maximum Gasteiger partial charge on any atom is 0.267 e. The fraction of sp³-hybridized carbons (Fsp3) is 0.250. The van der Waals surface area contributed by atoms with Gasteiger partial charge in [0.15, 0.2) is 10.9 Å². The molecule has 0 bridgehead atoms. The molecule has 6 nitrogen and oxygen atoms in total. The molecule has 3 heterocycles. The number of Topliss-reactive ketones (excluding diaryl/α,β-unsaturated/α-hetero) is 1. The first-order valence-electron chi connectivity index (χ1n) is 12.1. The summed E-state index contributed by atoms with van der Waals surface area (Å²) in [5, 5.41) is 2.17. The van der Waals surface area contributed by atoms with Crippen LogP contribution in [-0.4, -0.2) is 33.2 Å². The van der Waals surface area contributed by atoms with Crippen LogP contribution in [0.4, 0.5) is 0 Å². The normalized spacial score (nSPS) is 12.9. The second kappa shape index (κ2) is 9.26. The molecule has 36 heavy (non-hydrogen) atoms. The number of thiophene rings is 1. The maximum atomic E-state index is 13.9. The Kier molecular flexibility index (Phi) is 5.93. The molecule has 0 aliphatic heterocycles. The fourth-order valence-electron chi connectivity index (χ4n) is 5.05. The molecule has 1 N–H and O–H groups in total. The highest BCUT2D eigenvalue weighted by Gasteiger charge is 2.25. The fourth-order valence-corrected chi connectivity index (χ4v) is 7.25. The molecule has 0 saturated carbocycles. The van der Waals surface area contributed by atoms with Gasteiger partial charge in [-0.25, -0.2) is 4.98 Å². The Hall–Kier alpha value is -3.36. The maximum absolute atomic E-state index is 13.9. The van der Waals surface area contributed by atoms with Gasteiger partial charge in [-0.2, -0.15) is 0 Å². The van der Waals surface area contributed by atoms with Gasteiger partial charge in [-0.15, -0.1) is 11.3 Å². The molecule has 2 aromatic carbocycles. The molecular formula is C28H25N3O3S2. The molecule has 6 rings (SSSR count). The Morgan fingerprint density at radius 1 is 1.22 bits per heavy atom. The largest absolute Gasteiger partial charge is 0.497 e. The number of nitrogens with one attached hydrogen (secondary N) is 1. The van der Waals surface area contributed by atoms with Crippen molar-refractivity contribution in [3.8, 4) is 11.4 Å². The number of methoxy groups -OCH3 is 1. The molecule has 0 spiro atoms. The molecule has 8 heteroatoms. The number of aromatic nitrogens is 3. The van der Waals surface area contributed by atoms with E-state index in [4.69, 9.17) is 9.72 Å². The predicted molar refractivity (Wildman–Crippen MR) is 147 cm³/mol. The highest BCUT2D eigenvalue weighted by molar-refractivity contribution is 7.99. The topological polar surface area (TPSA) is 77.0 Å². The Bertz CT molecular complexity index is 1700. The number of carbonyl (C=O) groups is 1. The van der Waals surface area contributed by atoms with Crippen molar-refractivity contribution >= 4 is 50.0 Å². The second-order valence-electron chi connectivity index (χ2n) is 8.88. The summed E-state index contributed by atoms with van der Waals surface area (Å²) >= 11 is 2.92. The monoisotopic (exact) mass is 515 g/mol. The van der Waals surface area contributed by atoms with Gasteiger partial charge in [-0.3, -0.25) is 14.2 Å². The number of aromatic amines is 1. The minimum Gasteiger partial charge on any atom is -0.497 e. The first-order chi connectivity index (χ1) is 17.6. The van der Waals surface area contributed by atoms with Gasteiger partial charge in [0.1, 0.15) is 10.6 Å². The third-order valence-electron chi connectivity index (χ3n) is 6.84. The number of hydrogen-bond acceptors (Lipinski definition) is 6. The van der Waals surface area contributed by atoms with Crippen LogP contribution in [-0.2, 0) is 19.3 Å². The zero-order valence-corrected chi connectivity index (χ0v) is 21.7. The number of carbonyl (C=O) groups excluding carboxylic acids is 1. The van der Waals surface area contributed by atoms with Gasteiger partial charge >= 0.3 is 0 Å². The quantitative estimate of drug-likeness (QED) is 0.164. The van der Waals surface area contributed by atoms with Crippen molar-refractivity contribution < 1.29 is 9.53 Å². The molecule has 0 fully saturated rings. The average Bonchev–Trinajstić information content (AvgIpc) is 3.61. The molecule has 5 aromatic rings. The number of ketones is 1. The van der Waals surface area contributed by atoms with Crippen LogP contribution >= 0.6 is 23.1 Å². The lowest BCUT2D eigenvalue weighted by Gasteiger charge is -2.13. The average molecular weight is 516 g/mol. The Labute approximate surface area is 216 Å². The number of thioether (sulfide) groups is 1. The first kappa shape index (κ1) is 23.1. The van der Waals surface area contributed by atoms with Gasteiger partial charge in [0.25, 0.3) is 5.56 Å². The summed E-state index contributed by atoms with van der Waals surface area (Å²) < 4.78 is 7.05. The van der Waals surface area contributed by atoms with Crippen LogP contribution in [0.25, 0.3) is 26.8 Å². The second-order valence-corrected chi connectivity index (χ2v) is 10.9. The van der Waals surface area contributed by atoms with Crippen molar-refractivity contribution in [3.05, 3.63) is 80.6 Å². The lowest BCUT2D eigenvalue weighted by atomic mass is 10.1. The number of H-pyrrole nitrogens is 1. The van der Waals surface area contributed by atoms with Gasteiger partial charge in [-0.1, -0.05) is 43.0 Å². The standard InChI is InChI=1S/C28H25N3O3S2/c1-3-16-7-4-10-19-21(14-29-25(16)19)22(32)15-35-28-30-26-24(20-11-6-12-23(20)36-26)27(33)31(28)17-8-5-9-18(13-17)34-2/h4-5,7-10,13-14,29H,3,6,11-12,15H2,1-2H3. The number of benzene rings is 2. The molecule has 1 aliphatic rings. The van der Waals surface area contributed by atoms with Crippen LogP contribution < -0.4 is 10.3 Å². The van der Waals surface area contributed by atoms with E-state index in [-0.39, 0.29) is 17.1 Å². The molecule has 1 aliphatic carbocycles. The van der Waals surface area contributed by atoms with Gasteiger partial charge in [0.05, 0.1) is 23.9 Å². The van der Waals surface area contributed by atoms with Gasteiger partial charge < -0.3 is 9.72 Å². The summed E-state index contributed by atoms with van der Waals surface area (Å²) in [6, 6.07) is 13.5. The van der Waals surface area contributed by atoms with E-state index in [0.717, 1.165) is 52.4 Å². The summed E-state index contributed by atoms with van der Waals surface area (Å²) in [5.41, 5.74) is 4.60. The molecule has 0 amide bonds. The van der Waals surface area contributed by atoms with Crippen LogP contribution in [0.3, 0.4) is 0 Å². The zero-order valence-electron chi connectivity index (χ0n) is 20.1. The predicted octanol–water partition coefficient (Wildman–Crippen LogP) is 5.96. The van der Waals surface area contributed by atoms with Crippen LogP contribution in [0.2, 0.25) is 0 Å². The number of fused-ring (bicyclic) bond motifs is 4. The summed E-state index contributed by atoms with van der Waals surface area (Å²) in [4.78, 5) is 37.4. The molecule has 0 unspecified atom stereocenters. The van der Waals surface area contributed by atoms with E-state index >= 15 is 0 Å². The highest BCUT2D eigenvalue weighted by atomic mass is 32.2. The minimum atomic E-state index is -0.0812. The van der Waals surface area contributed by atoms with Crippen LogP contribution in [0.5, 0.6) is 5.75 Å². The van der Waals surface area contributed by atoms with Crippen molar-refractivity contribution in [2.24, 2.45) is 0 Å². The Morgan fingerprint density at radius 3 is 2.92 bits per heavy atom. The van der Waals surface area contributed by atoms with Crippen LogP contribution in [0.1, 0.15) is 39.7 Å². The number of ether oxygens (including phenoxy) is 1. The molecule has 182 valence electrons. The highest BCUT2D eigenvalue weighted by Crippen LogP contribution is 2.36. The number of aryl methyl sites for hydroxylation is 3. The number of nitrogens with zero attached hydrogens (tertiary/aromatic N) is 2. The van der Waals surface area contributed by atoms with E-state index in [1.165, 1.54) is 22.2 Å². The van der Waals surface area contributed by atoms with Crippen LogP contribution in [0.15, 0.2) is 58.6 Å². The zero-order chi connectivity index (χ0) is 24.8. The number of hydrogen-bond donors (Lipinski definition) is 1. The van der Waals surface area contributed by atoms with Crippen molar-refractivity contribution in [3.63, 3.8) is 0 Å². The van der Waals surface area contributed by atoms with Crippen molar-refractivity contribution in [2.75, 3.05) is 12.9 Å². The lowest BCUT2D eigenvalue weighted by Crippen LogP contribution is -2.22. The minimum absolute atomic E-state index is 0.000264. The lowest BCUT2D eigenvalue weighted by molar-refractivity contribution is 0.102. The van der Waals surface area contributed by atoms with E-state index in [9.17, 15) is 9.59 Å². The number of para-hydroxylation sites is 1. The van der Waals surface area contributed by atoms with Gasteiger partial charge in [0.2, 0.25) is 0 Å². The first-order valence-corrected chi connectivity index (χ1v) is 13.9. The summed E-state index contributed by atoms with van der Waals surface area (Å²) in [5.74, 6) is 0.836. The van der Waals surface area contributed by atoms with Gasteiger partial charge in [-0.05, 0) is 48.9 Å². The van der Waals surface area contributed by atoms with Gasteiger partial charge in [0, 0.05) is 33.6 Å². The third-order valence-corrected chi connectivity index (χ3v) is 8.96. The van der Waals surface area contributed by atoms with E-state index in [1.54, 1.807) is 29.2 Å². The molecular weight excluding hydrogens is 490 g/mol. The van der Waals surface area contributed by atoms with E-state index < -0.39 is 0 Å². The SMILES string of the molecule is CCc1cccc2c(C(=O)CSc3nc4sc5c(c4c(=O)n3-c3cccc(OC)c3)CCC5)c[nH]c12. The smallest absolute Gasteiger partial charge is 0.267 e. The summed E-state index contributed by atoms with van der Waals surface area (Å²) in [6.07, 6.45) is 5.67. The van der Waals surface area contributed by atoms with Crippen molar-refractivity contribution in [2.45, 2.75) is 37.8 Å². The van der Waals surface area contributed by atoms with E-state index in [2.05, 4.69) is 18.0 Å². The molecule has 0 saturated heterocycles. The third kappa shape index (κ3) is 3.76. The number of rotatable bonds is 7. The summed E-state index contributed by atoms with van der Waals surface area (Å²) in [7, 11) is 1.61. The molecule has 3 aromatic heterocycles. The van der Waals surface area contributed by atoms with Crippen LogP contribution in [0, 0.1) is 0 Å². The van der Waals surface area contributed by atoms with E-state index in [0.29, 0.717) is 22.2 Å². The molecule has 0 radical (unpaired) electrons. The molecule has 0 atom stereocenters. The summed E-state index contributed by atoms with van der Waals surface area (Å²) in [6.45, 7) is 2.10. The Morgan fingerprint density at radius 2 is 2.08 bits per heavy atom. The van der Waals surface area contributed by atoms with Crippen molar-refractivity contribution in [1.29, 1.82) is 0 Å². The van der Waals surface area contributed by atoms with Crippen molar-refractivity contribution in [1.82, 2.24) is 14.5 Å². The Balaban J connectivity index is 1.42. The van der Waals surface area contributed by atoms with E-state index in [1.807, 2.05) is 36.4 Å².